The minimum atomic E-state index is -0.826. The predicted octanol–water partition coefficient (Wildman–Crippen LogP) is 13.5. The third kappa shape index (κ3) is 9.89. The van der Waals surface area contributed by atoms with Gasteiger partial charge < -0.3 is 0 Å². The van der Waals surface area contributed by atoms with E-state index in [4.69, 9.17) is 17.0 Å². The van der Waals surface area contributed by atoms with Crippen LogP contribution in [0.25, 0.3) is 43.8 Å². The molecule has 2 radical (unpaired) electrons. The van der Waals surface area contributed by atoms with Crippen LogP contribution in [0.4, 0.5) is 0 Å². The van der Waals surface area contributed by atoms with E-state index in [-0.39, 0.29) is 0 Å². The molecule has 6 aromatic rings. The van der Waals surface area contributed by atoms with E-state index in [1.165, 1.54) is 66.1 Å². The van der Waals surface area contributed by atoms with E-state index in [0.29, 0.717) is 11.8 Å². The summed E-state index contributed by atoms with van der Waals surface area (Å²) in [6, 6.07) is 39.9. The Kier molecular flexibility index (Phi) is 14.9. The summed E-state index contributed by atoms with van der Waals surface area (Å²) in [7, 11) is 11.0. The number of rotatable bonds is 4. The number of hydrogen-bond donors (Lipinski definition) is 0. The van der Waals surface area contributed by atoms with Gasteiger partial charge in [-0.25, -0.2) is 0 Å². The molecule has 0 N–H and O–H groups in total. The Morgan fingerprint density at radius 3 is 1.18 bits per heavy atom. The number of halogens is 2. The maximum atomic E-state index is 4.93. The summed E-state index contributed by atoms with van der Waals surface area (Å²) < 4.78 is 0. The fourth-order valence-corrected chi connectivity index (χ4v) is 5.37. The molecule has 0 fully saturated rings. The standard InChI is InChI=1S/2C19H19.C2H6Si.2ClH.Zr/c2*1-13(2)16-11-17-9-14(3)10-18(17)19(12-16)15-7-5-4-6-8-15;1-3-2;;;/h2*4-13H,1-3H3;1-2H3;2*1H;/q2*-1;;;;+4/p-2. The van der Waals surface area contributed by atoms with Crippen molar-refractivity contribution in [1.29, 1.82) is 0 Å². The molecule has 226 valence electrons. The minimum absolute atomic E-state index is 0.557. The van der Waals surface area contributed by atoms with Gasteiger partial charge in [-0.05, 0) is 23.0 Å². The second-order valence-electron chi connectivity index (χ2n) is 11.8. The van der Waals surface area contributed by atoms with Gasteiger partial charge in [0.15, 0.2) is 0 Å². The molecule has 0 amide bonds. The summed E-state index contributed by atoms with van der Waals surface area (Å²) >= 11 is -0.826. The summed E-state index contributed by atoms with van der Waals surface area (Å²) in [4.78, 5) is 0. The number of fused-ring (bicyclic) bond motifs is 2. The molecule has 0 bridgehead atoms. The maximum absolute atomic E-state index is 4.93. The van der Waals surface area contributed by atoms with Gasteiger partial charge in [0.2, 0.25) is 0 Å². The third-order valence-corrected chi connectivity index (χ3v) is 7.48. The molecular formula is C40H44Cl2SiZr. The molecule has 0 aliphatic rings. The van der Waals surface area contributed by atoms with Crippen LogP contribution in [0.1, 0.15) is 61.8 Å². The number of aryl methyl sites for hydroxylation is 2. The van der Waals surface area contributed by atoms with Gasteiger partial charge in [-0.3, -0.25) is 0 Å². The second kappa shape index (κ2) is 18.1. The van der Waals surface area contributed by atoms with Crippen molar-refractivity contribution in [3.8, 4) is 22.3 Å². The molecular weight excluding hydrogens is 671 g/mol. The monoisotopic (exact) mass is 712 g/mol. The number of benzene rings is 4. The topological polar surface area (TPSA) is 0 Å². The van der Waals surface area contributed by atoms with E-state index >= 15 is 0 Å². The first-order chi connectivity index (χ1) is 21.1. The van der Waals surface area contributed by atoms with E-state index in [2.05, 4.69) is 164 Å². The zero-order valence-electron chi connectivity index (χ0n) is 27.3. The van der Waals surface area contributed by atoms with Crippen molar-refractivity contribution in [2.45, 2.75) is 66.5 Å². The van der Waals surface area contributed by atoms with E-state index < -0.39 is 20.8 Å². The van der Waals surface area contributed by atoms with Crippen LogP contribution in [0.5, 0.6) is 0 Å². The van der Waals surface area contributed by atoms with Crippen LogP contribution in [0.3, 0.4) is 0 Å². The van der Waals surface area contributed by atoms with Crippen molar-refractivity contribution in [3.63, 3.8) is 0 Å². The van der Waals surface area contributed by atoms with Gasteiger partial charge in [0.1, 0.15) is 0 Å². The Bertz CT molecular complexity index is 1580. The Morgan fingerprint density at radius 2 is 0.886 bits per heavy atom. The zero-order valence-corrected chi connectivity index (χ0v) is 32.3. The molecule has 0 saturated carbocycles. The SMILES string of the molecule is C[Si]C.Cc1cc2c(-c3ccccc3)cc(C(C)C)cc2[cH-]1.Cc1cc2c(-c3ccccc3)cc(C(C)C)cc2[cH-]1.[Cl][Zr+2][Cl]. The molecule has 0 aliphatic heterocycles. The molecule has 0 saturated heterocycles. The average Bonchev–Trinajstić information content (AvgIpc) is 3.58. The molecule has 0 atom stereocenters. The van der Waals surface area contributed by atoms with Crippen LogP contribution in [-0.2, 0) is 20.8 Å². The zero-order chi connectivity index (χ0) is 32.2. The van der Waals surface area contributed by atoms with Gasteiger partial charge in [0.05, 0.1) is 0 Å². The van der Waals surface area contributed by atoms with Gasteiger partial charge in [-0.2, -0.15) is 12.1 Å². The van der Waals surface area contributed by atoms with E-state index in [1.54, 1.807) is 0 Å². The van der Waals surface area contributed by atoms with Crippen LogP contribution in [-0.4, -0.2) is 9.52 Å². The van der Waals surface area contributed by atoms with E-state index in [1.807, 2.05) is 0 Å². The number of hydrogen-bond acceptors (Lipinski definition) is 0. The average molecular weight is 715 g/mol. The summed E-state index contributed by atoms with van der Waals surface area (Å²) in [6.45, 7) is 17.7. The molecule has 0 nitrogen and oxygen atoms in total. The Morgan fingerprint density at radius 1 is 0.568 bits per heavy atom. The van der Waals surface area contributed by atoms with Crippen LogP contribution < -0.4 is 0 Å². The molecule has 0 aromatic heterocycles. The van der Waals surface area contributed by atoms with Crippen molar-refractivity contribution in [2.24, 2.45) is 0 Å². The molecule has 0 spiro atoms. The summed E-state index contributed by atoms with van der Waals surface area (Å²) in [6.07, 6.45) is 0. The molecule has 6 rings (SSSR count). The Hall–Kier alpha value is -2.22. The second-order valence-corrected chi connectivity index (χ2v) is 16.6. The predicted molar refractivity (Wildman–Crippen MR) is 197 cm³/mol. The van der Waals surface area contributed by atoms with Crippen molar-refractivity contribution >= 4 is 48.1 Å². The van der Waals surface area contributed by atoms with Crippen LogP contribution in [0, 0.1) is 13.8 Å². The molecule has 44 heavy (non-hydrogen) atoms. The molecule has 0 heterocycles. The van der Waals surface area contributed by atoms with E-state index in [9.17, 15) is 0 Å². The quantitative estimate of drug-likeness (QED) is 0.126. The molecule has 4 heteroatoms. The first-order valence-corrected chi connectivity index (χ1v) is 23.5. The van der Waals surface area contributed by atoms with Crippen molar-refractivity contribution in [1.82, 2.24) is 0 Å². The van der Waals surface area contributed by atoms with Crippen molar-refractivity contribution in [3.05, 3.63) is 131 Å². The fourth-order valence-electron chi connectivity index (χ4n) is 5.37. The Labute approximate surface area is 287 Å². The fraction of sp³-hybridized carbons (Fsp3) is 0.250. The third-order valence-electron chi connectivity index (χ3n) is 7.48. The van der Waals surface area contributed by atoms with E-state index in [0.717, 1.165) is 9.52 Å². The van der Waals surface area contributed by atoms with Crippen molar-refractivity contribution in [2.75, 3.05) is 0 Å². The Balaban J connectivity index is 0.000000204. The van der Waals surface area contributed by atoms with Crippen molar-refractivity contribution < 1.29 is 20.8 Å². The van der Waals surface area contributed by atoms with Gasteiger partial charge >= 0.3 is 37.9 Å². The van der Waals surface area contributed by atoms with Gasteiger partial charge in [0.25, 0.3) is 0 Å². The van der Waals surface area contributed by atoms with Crippen LogP contribution in [0.15, 0.2) is 109 Å². The normalized spacial score (nSPS) is 10.5. The first kappa shape index (κ1) is 36.3. The van der Waals surface area contributed by atoms with Crippen LogP contribution in [0.2, 0.25) is 13.1 Å². The molecule has 6 aromatic carbocycles. The summed E-state index contributed by atoms with van der Waals surface area (Å²) in [5.41, 5.74) is 10.8. The van der Waals surface area contributed by atoms with Gasteiger partial charge in [-0.1, -0.05) is 150 Å². The van der Waals surface area contributed by atoms with Crippen LogP contribution >= 0.6 is 17.0 Å². The molecule has 0 unspecified atom stereocenters. The van der Waals surface area contributed by atoms with Gasteiger partial charge in [-0.15, -0.1) is 56.9 Å². The first-order valence-electron chi connectivity index (χ1n) is 15.2. The van der Waals surface area contributed by atoms with Gasteiger partial charge in [0, 0.05) is 9.52 Å². The summed E-state index contributed by atoms with van der Waals surface area (Å²) in [5, 5.41) is 5.46. The summed E-state index contributed by atoms with van der Waals surface area (Å²) in [5.74, 6) is 1.11. The molecule has 0 aliphatic carbocycles.